The molecule has 0 aliphatic carbocycles. The lowest BCUT2D eigenvalue weighted by Gasteiger charge is -2.17. The van der Waals surface area contributed by atoms with E-state index in [0.29, 0.717) is 24.7 Å². The molecule has 0 atom stereocenters. The molecule has 0 spiro atoms. The predicted octanol–water partition coefficient (Wildman–Crippen LogP) is 1.66. The van der Waals surface area contributed by atoms with Crippen molar-refractivity contribution in [3.63, 3.8) is 0 Å². The number of nitrogens with one attached hydrogen (secondary N) is 1. The number of hydrogen-bond donors (Lipinski definition) is 1. The van der Waals surface area contributed by atoms with Crippen LogP contribution in [0.15, 0.2) is 18.2 Å². The van der Waals surface area contributed by atoms with Crippen molar-refractivity contribution in [1.82, 2.24) is 10.2 Å². The van der Waals surface area contributed by atoms with Gasteiger partial charge in [0, 0.05) is 20.1 Å². The zero-order valence-electron chi connectivity index (χ0n) is 12.7. The van der Waals surface area contributed by atoms with Gasteiger partial charge in [0.15, 0.2) is 18.1 Å². The quantitative estimate of drug-likeness (QED) is 0.787. The molecule has 0 bridgehead atoms. The molecule has 112 valence electrons. The van der Waals surface area contributed by atoms with Gasteiger partial charge in [0.05, 0.1) is 6.61 Å². The molecular formula is C15H24N2O3. The molecule has 0 saturated heterocycles. The normalized spacial score (nSPS) is 10.2. The number of carbonyl (C=O) groups excluding carboxylic acids is 1. The molecule has 0 saturated carbocycles. The van der Waals surface area contributed by atoms with E-state index in [9.17, 15) is 4.79 Å². The van der Waals surface area contributed by atoms with Crippen molar-refractivity contribution in [2.45, 2.75) is 20.4 Å². The molecular weight excluding hydrogens is 256 g/mol. The van der Waals surface area contributed by atoms with Crippen molar-refractivity contribution in [3.8, 4) is 11.5 Å². The van der Waals surface area contributed by atoms with E-state index in [2.05, 4.69) is 5.32 Å². The molecule has 1 N–H and O–H groups in total. The second-order valence-electron chi connectivity index (χ2n) is 4.44. The molecule has 1 rings (SSSR count). The highest BCUT2D eigenvalue weighted by Crippen LogP contribution is 2.28. The number of amides is 1. The van der Waals surface area contributed by atoms with Gasteiger partial charge in [-0.25, -0.2) is 0 Å². The van der Waals surface area contributed by atoms with Gasteiger partial charge in [-0.05, 0) is 38.6 Å². The minimum absolute atomic E-state index is 0.0236. The van der Waals surface area contributed by atoms with Crippen LogP contribution in [0.4, 0.5) is 0 Å². The molecule has 20 heavy (non-hydrogen) atoms. The predicted molar refractivity (Wildman–Crippen MR) is 79.2 cm³/mol. The van der Waals surface area contributed by atoms with Crippen molar-refractivity contribution >= 4 is 5.91 Å². The van der Waals surface area contributed by atoms with Crippen molar-refractivity contribution in [1.29, 1.82) is 0 Å². The van der Waals surface area contributed by atoms with E-state index in [1.807, 2.05) is 39.1 Å². The number of rotatable bonds is 8. The summed E-state index contributed by atoms with van der Waals surface area (Å²) in [6.45, 7) is 5.86. The molecule has 5 nitrogen and oxygen atoms in total. The van der Waals surface area contributed by atoms with Crippen LogP contribution in [0.5, 0.6) is 11.5 Å². The second kappa shape index (κ2) is 8.43. The summed E-state index contributed by atoms with van der Waals surface area (Å²) in [4.78, 5) is 13.4. The van der Waals surface area contributed by atoms with E-state index in [1.165, 1.54) is 0 Å². The smallest absolute Gasteiger partial charge is 0.260 e. The van der Waals surface area contributed by atoms with E-state index in [1.54, 1.807) is 11.9 Å². The summed E-state index contributed by atoms with van der Waals surface area (Å²) in [5.74, 6) is 1.23. The van der Waals surface area contributed by atoms with Gasteiger partial charge in [-0.2, -0.15) is 0 Å². The Morgan fingerprint density at radius 3 is 2.60 bits per heavy atom. The van der Waals surface area contributed by atoms with Gasteiger partial charge >= 0.3 is 0 Å². The van der Waals surface area contributed by atoms with E-state index >= 15 is 0 Å². The zero-order valence-corrected chi connectivity index (χ0v) is 12.7. The van der Waals surface area contributed by atoms with Gasteiger partial charge in [0.2, 0.25) is 0 Å². The third-order valence-electron chi connectivity index (χ3n) is 2.94. The molecule has 1 amide bonds. The highest BCUT2D eigenvalue weighted by Gasteiger charge is 2.11. The maximum absolute atomic E-state index is 11.7. The van der Waals surface area contributed by atoms with E-state index in [-0.39, 0.29) is 12.5 Å². The van der Waals surface area contributed by atoms with Gasteiger partial charge in [-0.1, -0.05) is 6.07 Å². The summed E-state index contributed by atoms with van der Waals surface area (Å²) in [6, 6.07) is 5.74. The van der Waals surface area contributed by atoms with Gasteiger partial charge < -0.3 is 19.7 Å². The van der Waals surface area contributed by atoms with Crippen LogP contribution in [0, 0.1) is 0 Å². The van der Waals surface area contributed by atoms with Crippen molar-refractivity contribution in [3.05, 3.63) is 23.8 Å². The lowest BCUT2D eigenvalue weighted by Crippen LogP contribution is -2.31. The molecule has 0 unspecified atom stereocenters. The number of likely N-dealkylation sites (N-methyl/N-ethyl adjacent to an activating group) is 1. The molecule has 1 aromatic rings. The van der Waals surface area contributed by atoms with Crippen LogP contribution < -0.4 is 14.8 Å². The summed E-state index contributed by atoms with van der Waals surface area (Å²) in [7, 11) is 3.65. The van der Waals surface area contributed by atoms with E-state index in [0.717, 1.165) is 12.1 Å². The average molecular weight is 280 g/mol. The SMILES string of the molecule is CCOc1cc(CNC)ccc1OCC(=O)N(C)CC. The highest BCUT2D eigenvalue weighted by molar-refractivity contribution is 5.77. The number of hydrogen-bond acceptors (Lipinski definition) is 4. The molecule has 0 aromatic heterocycles. The minimum atomic E-state index is -0.0470. The molecule has 0 heterocycles. The van der Waals surface area contributed by atoms with Gasteiger partial charge in [-0.3, -0.25) is 4.79 Å². The first-order valence-corrected chi connectivity index (χ1v) is 6.89. The van der Waals surface area contributed by atoms with Gasteiger partial charge in [0.25, 0.3) is 5.91 Å². The Labute approximate surface area is 120 Å². The molecule has 0 aliphatic heterocycles. The van der Waals surface area contributed by atoms with Crippen LogP contribution in [-0.2, 0) is 11.3 Å². The first-order valence-electron chi connectivity index (χ1n) is 6.89. The molecule has 1 aromatic carbocycles. The molecule has 5 heteroatoms. The van der Waals surface area contributed by atoms with Crippen LogP contribution in [0.1, 0.15) is 19.4 Å². The standard InChI is InChI=1S/C15H24N2O3/c1-5-17(4)15(18)11-20-13-8-7-12(10-16-3)9-14(13)19-6-2/h7-9,16H,5-6,10-11H2,1-4H3. The van der Waals surface area contributed by atoms with Crippen LogP contribution in [-0.4, -0.2) is 44.7 Å². The lowest BCUT2D eigenvalue weighted by molar-refractivity contribution is -0.131. The fourth-order valence-electron chi connectivity index (χ4n) is 1.68. The summed E-state index contributed by atoms with van der Waals surface area (Å²) in [6.07, 6.45) is 0. The van der Waals surface area contributed by atoms with E-state index < -0.39 is 0 Å². The Morgan fingerprint density at radius 1 is 1.25 bits per heavy atom. The maximum atomic E-state index is 11.7. The van der Waals surface area contributed by atoms with Gasteiger partial charge in [-0.15, -0.1) is 0 Å². The van der Waals surface area contributed by atoms with E-state index in [4.69, 9.17) is 9.47 Å². The highest BCUT2D eigenvalue weighted by atomic mass is 16.5. The van der Waals surface area contributed by atoms with Crippen molar-refractivity contribution in [2.24, 2.45) is 0 Å². The Balaban J connectivity index is 2.75. The second-order valence-corrected chi connectivity index (χ2v) is 4.44. The van der Waals surface area contributed by atoms with Crippen LogP contribution >= 0.6 is 0 Å². The topological polar surface area (TPSA) is 50.8 Å². The van der Waals surface area contributed by atoms with Crippen molar-refractivity contribution in [2.75, 3.05) is 33.9 Å². The first kappa shape index (κ1) is 16.3. The fraction of sp³-hybridized carbons (Fsp3) is 0.533. The summed E-state index contributed by atoms with van der Waals surface area (Å²) < 4.78 is 11.1. The Bertz CT molecular complexity index is 435. The number of nitrogens with zero attached hydrogens (tertiary/aromatic N) is 1. The molecule has 0 radical (unpaired) electrons. The summed E-state index contributed by atoms with van der Waals surface area (Å²) >= 11 is 0. The maximum Gasteiger partial charge on any atom is 0.260 e. The monoisotopic (exact) mass is 280 g/mol. The fourth-order valence-corrected chi connectivity index (χ4v) is 1.68. The molecule has 0 aliphatic rings. The first-order chi connectivity index (χ1) is 9.62. The Kier molecular flexibility index (Phi) is 6.87. The van der Waals surface area contributed by atoms with Crippen LogP contribution in [0.25, 0.3) is 0 Å². The minimum Gasteiger partial charge on any atom is -0.490 e. The van der Waals surface area contributed by atoms with Crippen molar-refractivity contribution < 1.29 is 14.3 Å². The number of ether oxygens (including phenoxy) is 2. The number of benzene rings is 1. The average Bonchev–Trinajstić information content (AvgIpc) is 2.46. The Hall–Kier alpha value is -1.75. The third-order valence-corrected chi connectivity index (χ3v) is 2.94. The summed E-state index contributed by atoms with van der Waals surface area (Å²) in [5.41, 5.74) is 1.11. The van der Waals surface area contributed by atoms with Crippen LogP contribution in [0.3, 0.4) is 0 Å². The van der Waals surface area contributed by atoms with Crippen LogP contribution in [0.2, 0.25) is 0 Å². The largest absolute Gasteiger partial charge is 0.490 e. The summed E-state index contributed by atoms with van der Waals surface area (Å²) in [5, 5.41) is 3.09. The zero-order chi connectivity index (χ0) is 15.0. The lowest BCUT2D eigenvalue weighted by atomic mass is 10.2. The third kappa shape index (κ3) is 4.74. The van der Waals surface area contributed by atoms with Gasteiger partial charge in [0.1, 0.15) is 0 Å². The Morgan fingerprint density at radius 2 is 2.00 bits per heavy atom. The molecule has 0 fully saturated rings. The number of carbonyl (C=O) groups is 1.